The minimum Gasteiger partial charge on any atom is -0.469 e. The second-order valence-electron chi connectivity index (χ2n) is 9.07. The highest BCUT2D eigenvalue weighted by Crippen LogP contribution is 2.70. The summed E-state index contributed by atoms with van der Waals surface area (Å²) in [5.74, 6) is 0.634. The van der Waals surface area contributed by atoms with Gasteiger partial charge in [0.1, 0.15) is 34.6 Å². The largest absolute Gasteiger partial charge is 0.469 e. The fourth-order valence-corrected chi connectivity index (χ4v) is 6.70. The van der Waals surface area contributed by atoms with E-state index in [9.17, 15) is 9.59 Å². The molecule has 0 amide bonds. The van der Waals surface area contributed by atoms with Gasteiger partial charge in [0.25, 0.3) is 0 Å². The molecule has 0 saturated heterocycles. The molecule has 4 aromatic heterocycles. The summed E-state index contributed by atoms with van der Waals surface area (Å²) in [5, 5.41) is 0. The van der Waals surface area contributed by atoms with Gasteiger partial charge in [-0.1, -0.05) is 0 Å². The lowest BCUT2D eigenvalue weighted by Gasteiger charge is -2.61. The summed E-state index contributed by atoms with van der Waals surface area (Å²) in [6, 6.07) is 14.8. The van der Waals surface area contributed by atoms with Crippen LogP contribution in [0.15, 0.2) is 91.3 Å². The fraction of sp³-hybridized carbons (Fsp3) is 0.308. The molecule has 0 radical (unpaired) electrons. The van der Waals surface area contributed by atoms with Gasteiger partial charge in [-0.2, -0.15) is 0 Å². The third kappa shape index (κ3) is 2.19. The van der Waals surface area contributed by atoms with Gasteiger partial charge >= 0.3 is 0 Å². The van der Waals surface area contributed by atoms with Gasteiger partial charge in [0.15, 0.2) is 0 Å². The minimum atomic E-state index is -0.417. The normalized spacial score (nSPS) is 35.6. The molecule has 3 aliphatic carbocycles. The third-order valence-corrected chi connectivity index (χ3v) is 7.90. The Balaban J connectivity index is 1.34. The Morgan fingerprint density at radius 3 is 0.844 bits per heavy atom. The molecule has 0 aliphatic heterocycles. The van der Waals surface area contributed by atoms with Crippen LogP contribution >= 0.6 is 0 Å². The quantitative estimate of drug-likeness (QED) is 0.447. The van der Waals surface area contributed by atoms with E-state index in [2.05, 4.69) is 0 Å². The molecule has 4 aromatic rings. The van der Waals surface area contributed by atoms with Gasteiger partial charge in [-0.3, -0.25) is 9.59 Å². The van der Waals surface area contributed by atoms with Crippen molar-refractivity contribution in [3.63, 3.8) is 0 Å². The van der Waals surface area contributed by atoms with Crippen LogP contribution in [0.2, 0.25) is 0 Å². The predicted molar refractivity (Wildman–Crippen MR) is 110 cm³/mol. The van der Waals surface area contributed by atoms with Crippen molar-refractivity contribution in [2.24, 2.45) is 23.7 Å². The molecule has 0 bridgehead atoms. The highest BCUT2D eigenvalue weighted by atomic mass is 16.3. The van der Waals surface area contributed by atoms with Gasteiger partial charge in [-0.05, 0) is 48.5 Å². The molecule has 32 heavy (non-hydrogen) atoms. The van der Waals surface area contributed by atoms with E-state index in [-0.39, 0.29) is 35.2 Å². The summed E-state index contributed by atoms with van der Waals surface area (Å²) in [7, 11) is 0. The van der Waals surface area contributed by atoms with Crippen molar-refractivity contribution in [1.29, 1.82) is 0 Å². The predicted octanol–water partition coefficient (Wildman–Crippen LogP) is 5.14. The van der Waals surface area contributed by atoms with Crippen LogP contribution in [0.3, 0.4) is 0 Å². The standard InChI is InChI=1S/C26H20O6/c27-25-21-17(13-5-1-9-29-13)18(14-6-2-10-30-14)22(21)26(28)24-20(16-8-4-12-32-16)19(23(24)25)15-7-3-11-31-15/h1-12,17-24H/t17-,18+,19+,20-,21+,22-,23-,24+. The Kier molecular flexibility index (Phi) is 3.66. The van der Waals surface area contributed by atoms with Gasteiger partial charge in [0.2, 0.25) is 0 Å². The zero-order chi connectivity index (χ0) is 21.4. The van der Waals surface area contributed by atoms with E-state index in [0.29, 0.717) is 0 Å². The fourth-order valence-electron chi connectivity index (χ4n) is 6.70. The van der Waals surface area contributed by atoms with Crippen LogP contribution in [0.5, 0.6) is 0 Å². The molecule has 6 heteroatoms. The molecule has 3 fully saturated rings. The van der Waals surface area contributed by atoms with Crippen LogP contribution in [0.25, 0.3) is 0 Å². The molecular weight excluding hydrogens is 408 g/mol. The smallest absolute Gasteiger partial charge is 0.142 e. The van der Waals surface area contributed by atoms with Gasteiger partial charge < -0.3 is 17.7 Å². The van der Waals surface area contributed by atoms with Crippen molar-refractivity contribution in [1.82, 2.24) is 0 Å². The zero-order valence-electron chi connectivity index (χ0n) is 17.0. The Bertz CT molecular complexity index is 1050. The number of rotatable bonds is 4. The summed E-state index contributed by atoms with van der Waals surface area (Å²) in [6.45, 7) is 0. The molecule has 3 aliphatic rings. The van der Waals surface area contributed by atoms with Crippen molar-refractivity contribution in [3.8, 4) is 0 Å². The first kappa shape index (κ1) is 18.1. The summed E-state index contributed by atoms with van der Waals surface area (Å²) in [5.41, 5.74) is 0. The lowest BCUT2D eigenvalue weighted by molar-refractivity contribution is -0.171. The van der Waals surface area contributed by atoms with Crippen molar-refractivity contribution in [2.75, 3.05) is 0 Å². The lowest BCUT2D eigenvalue weighted by atomic mass is 9.38. The molecular formula is C26H20O6. The van der Waals surface area contributed by atoms with E-state index in [0.717, 1.165) is 23.0 Å². The number of furan rings is 4. The molecule has 160 valence electrons. The molecule has 0 N–H and O–H groups in total. The molecule has 0 spiro atoms. The molecule has 6 nitrogen and oxygen atoms in total. The second kappa shape index (κ2) is 6.48. The molecule has 8 atom stereocenters. The molecule has 3 saturated carbocycles. The van der Waals surface area contributed by atoms with Gasteiger partial charge in [-0.25, -0.2) is 0 Å². The minimum absolute atomic E-state index is 0.119. The van der Waals surface area contributed by atoms with Crippen LogP contribution in [0.1, 0.15) is 46.7 Å². The summed E-state index contributed by atoms with van der Waals surface area (Å²) in [4.78, 5) is 27.9. The molecule has 0 aromatic carbocycles. The third-order valence-electron chi connectivity index (χ3n) is 7.90. The van der Waals surface area contributed by atoms with Crippen molar-refractivity contribution < 1.29 is 27.3 Å². The van der Waals surface area contributed by atoms with E-state index in [1.807, 2.05) is 48.5 Å². The van der Waals surface area contributed by atoms with Gasteiger partial charge in [-0.15, -0.1) is 0 Å². The topological polar surface area (TPSA) is 86.7 Å². The Morgan fingerprint density at radius 2 is 0.656 bits per heavy atom. The maximum atomic E-state index is 13.9. The first-order chi connectivity index (χ1) is 15.8. The first-order valence-corrected chi connectivity index (χ1v) is 11.0. The molecule has 4 heterocycles. The number of carbonyl (C=O) groups excluding carboxylic acids is 2. The van der Waals surface area contributed by atoms with Crippen LogP contribution in [0.4, 0.5) is 0 Å². The van der Waals surface area contributed by atoms with Gasteiger partial charge in [0, 0.05) is 47.3 Å². The Labute approximate surface area is 183 Å². The van der Waals surface area contributed by atoms with Crippen LogP contribution in [-0.4, -0.2) is 11.6 Å². The maximum absolute atomic E-state index is 13.9. The molecule has 0 unspecified atom stereocenters. The number of ketones is 2. The van der Waals surface area contributed by atoms with Crippen LogP contribution < -0.4 is 0 Å². The lowest BCUT2D eigenvalue weighted by Crippen LogP contribution is -2.66. The van der Waals surface area contributed by atoms with Crippen LogP contribution in [-0.2, 0) is 9.59 Å². The highest BCUT2D eigenvalue weighted by Gasteiger charge is 2.72. The van der Waals surface area contributed by atoms with E-state index < -0.39 is 23.7 Å². The SMILES string of the molecule is O=C1[C@@H]2[C@H](C(=O)[C@@H]3[C@H]1[C@@H](c1ccco1)[C@H]3c1ccco1)[C@@H](c1ccco1)[C@H]2c1ccco1. The second-order valence-corrected chi connectivity index (χ2v) is 9.07. The Morgan fingerprint density at radius 1 is 0.406 bits per heavy atom. The summed E-state index contributed by atoms with van der Waals surface area (Å²) >= 11 is 0. The van der Waals surface area contributed by atoms with E-state index in [1.165, 1.54) is 0 Å². The maximum Gasteiger partial charge on any atom is 0.142 e. The number of hydrogen-bond donors (Lipinski definition) is 0. The number of fused-ring (bicyclic) bond motifs is 2. The monoisotopic (exact) mass is 428 g/mol. The molecule has 7 rings (SSSR count). The van der Waals surface area contributed by atoms with Crippen molar-refractivity contribution in [3.05, 3.63) is 96.6 Å². The first-order valence-electron chi connectivity index (χ1n) is 11.0. The average Bonchev–Trinajstić information content (AvgIpc) is 3.53. The van der Waals surface area contributed by atoms with E-state index >= 15 is 0 Å². The Hall–Kier alpha value is -3.54. The van der Waals surface area contributed by atoms with Crippen LogP contribution in [0, 0.1) is 23.7 Å². The van der Waals surface area contributed by atoms with E-state index in [4.69, 9.17) is 17.7 Å². The summed E-state index contributed by atoms with van der Waals surface area (Å²) < 4.78 is 22.9. The highest BCUT2D eigenvalue weighted by molar-refractivity contribution is 6.05. The summed E-state index contributed by atoms with van der Waals surface area (Å²) in [6.07, 6.45) is 6.45. The van der Waals surface area contributed by atoms with Gasteiger partial charge in [0.05, 0.1) is 25.1 Å². The number of hydrogen-bond acceptors (Lipinski definition) is 6. The number of carbonyl (C=O) groups is 2. The average molecular weight is 428 g/mol. The number of Topliss-reactive ketones (excluding diaryl/α,β-unsaturated/α-hetero) is 2. The zero-order valence-corrected chi connectivity index (χ0v) is 17.0. The van der Waals surface area contributed by atoms with Crippen molar-refractivity contribution in [2.45, 2.75) is 23.7 Å². The van der Waals surface area contributed by atoms with E-state index in [1.54, 1.807) is 25.1 Å². The van der Waals surface area contributed by atoms with Crippen molar-refractivity contribution >= 4 is 11.6 Å².